The molecule has 0 aliphatic heterocycles. The second kappa shape index (κ2) is 5.10. The maximum atomic E-state index is 12.6. The van der Waals surface area contributed by atoms with E-state index in [1.165, 1.54) is 11.8 Å². The van der Waals surface area contributed by atoms with Gasteiger partial charge in [0.25, 0.3) is 0 Å². The van der Waals surface area contributed by atoms with E-state index in [0.717, 1.165) is 25.0 Å². The predicted molar refractivity (Wildman–Crippen MR) is 73.5 cm³/mol. The molecule has 0 N–H and O–H groups in total. The van der Waals surface area contributed by atoms with Crippen LogP contribution in [0.3, 0.4) is 0 Å². The van der Waals surface area contributed by atoms with Gasteiger partial charge in [0.15, 0.2) is 5.78 Å². The zero-order valence-electron chi connectivity index (χ0n) is 10.3. The van der Waals surface area contributed by atoms with Crippen LogP contribution in [-0.4, -0.2) is 15.8 Å². The number of aryl methyl sites for hydroxylation is 1. The molecule has 96 valence electrons. The molecule has 1 aliphatic rings. The van der Waals surface area contributed by atoms with Crippen molar-refractivity contribution in [2.75, 3.05) is 0 Å². The minimum Gasteiger partial charge on any atom is -0.293 e. The Labute approximate surface area is 116 Å². The SMILES string of the molecule is O=C(c1ccncc1Cl)C1CCCc2cccnc21. The Morgan fingerprint density at radius 1 is 1.32 bits per heavy atom. The van der Waals surface area contributed by atoms with Crippen LogP contribution in [0.5, 0.6) is 0 Å². The lowest BCUT2D eigenvalue weighted by Gasteiger charge is -2.23. The Morgan fingerprint density at radius 2 is 2.21 bits per heavy atom. The fourth-order valence-corrected chi connectivity index (χ4v) is 2.84. The van der Waals surface area contributed by atoms with E-state index in [4.69, 9.17) is 11.6 Å². The van der Waals surface area contributed by atoms with Gasteiger partial charge in [-0.3, -0.25) is 14.8 Å². The first kappa shape index (κ1) is 12.3. The molecule has 4 heteroatoms. The molecule has 0 saturated heterocycles. The second-order valence-electron chi connectivity index (χ2n) is 4.71. The van der Waals surface area contributed by atoms with Crippen molar-refractivity contribution in [3.05, 3.63) is 58.6 Å². The molecular weight excluding hydrogens is 260 g/mol. The largest absolute Gasteiger partial charge is 0.293 e. The van der Waals surface area contributed by atoms with E-state index in [9.17, 15) is 4.79 Å². The summed E-state index contributed by atoms with van der Waals surface area (Å²) >= 11 is 6.06. The molecule has 0 saturated carbocycles. The third-order valence-corrected chi connectivity index (χ3v) is 3.85. The topological polar surface area (TPSA) is 42.9 Å². The average molecular weight is 273 g/mol. The zero-order valence-corrected chi connectivity index (χ0v) is 11.1. The van der Waals surface area contributed by atoms with Gasteiger partial charge >= 0.3 is 0 Å². The summed E-state index contributed by atoms with van der Waals surface area (Å²) in [5, 5.41) is 0.413. The first-order valence-electron chi connectivity index (χ1n) is 6.35. The van der Waals surface area contributed by atoms with Crippen molar-refractivity contribution in [1.29, 1.82) is 0 Å². The fraction of sp³-hybridized carbons (Fsp3) is 0.267. The maximum Gasteiger partial charge on any atom is 0.173 e. The van der Waals surface area contributed by atoms with Crippen LogP contribution >= 0.6 is 11.6 Å². The highest BCUT2D eigenvalue weighted by atomic mass is 35.5. The van der Waals surface area contributed by atoms with Gasteiger partial charge in [-0.15, -0.1) is 0 Å². The van der Waals surface area contributed by atoms with E-state index in [1.54, 1.807) is 18.5 Å². The molecule has 0 bridgehead atoms. The molecule has 3 rings (SSSR count). The van der Waals surface area contributed by atoms with Crippen LogP contribution in [0.2, 0.25) is 5.02 Å². The Kier molecular flexibility index (Phi) is 3.30. The molecular formula is C15H13ClN2O. The van der Waals surface area contributed by atoms with Crippen molar-refractivity contribution >= 4 is 17.4 Å². The number of hydrogen-bond acceptors (Lipinski definition) is 3. The van der Waals surface area contributed by atoms with Gasteiger partial charge in [-0.05, 0) is 37.0 Å². The summed E-state index contributed by atoms with van der Waals surface area (Å²) in [6, 6.07) is 5.66. The number of Topliss-reactive ketones (excluding diaryl/α,β-unsaturated/α-hetero) is 1. The summed E-state index contributed by atoms with van der Waals surface area (Å²) in [5.41, 5.74) is 2.63. The Bertz CT molecular complexity index is 627. The number of rotatable bonds is 2. The summed E-state index contributed by atoms with van der Waals surface area (Å²) < 4.78 is 0. The minimum atomic E-state index is -0.176. The first-order chi connectivity index (χ1) is 9.27. The van der Waals surface area contributed by atoms with E-state index in [-0.39, 0.29) is 11.7 Å². The van der Waals surface area contributed by atoms with Crippen LogP contribution in [0.15, 0.2) is 36.8 Å². The summed E-state index contributed by atoms with van der Waals surface area (Å²) in [4.78, 5) is 20.9. The molecule has 2 aromatic rings. The number of pyridine rings is 2. The van der Waals surface area contributed by atoms with E-state index in [1.807, 2.05) is 6.07 Å². The maximum absolute atomic E-state index is 12.6. The lowest BCUT2D eigenvalue weighted by Crippen LogP contribution is -2.20. The van der Waals surface area contributed by atoms with Gasteiger partial charge in [0.1, 0.15) is 0 Å². The van der Waals surface area contributed by atoms with Crippen molar-refractivity contribution in [2.45, 2.75) is 25.2 Å². The highest BCUT2D eigenvalue weighted by molar-refractivity contribution is 6.34. The summed E-state index contributed by atoms with van der Waals surface area (Å²) in [6.45, 7) is 0. The lowest BCUT2D eigenvalue weighted by molar-refractivity contribution is 0.0949. The highest BCUT2D eigenvalue weighted by Gasteiger charge is 2.29. The van der Waals surface area contributed by atoms with E-state index in [0.29, 0.717) is 10.6 Å². The molecule has 2 aromatic heterocycles. The van der Waals surface area contributed by atoms with Crippen molar-refractivity contribution in [3.8, 4) is 0 Å². The smallest absolute Gasteiger partial charge is 0.173 e. The van der Waals surface area contributed by atoms with Crippen LogP contribution in [0, 0.1) is 0 Å². The standard InChI is InChI=1S/C15H13ClN2O/c16-13-9-17-8-6-11(13)15(19)12-5-1-3-10-4-2-7-18-14(10)12/h2,4,6-9,12H,1,3,5H2. The molecule has 0 spiro atoms. The number of ketones is 1. The number of fused-ring (bicyclic) bond motifs is 1. The molecule has 3 nitrogen and oxygen atoms in total. The van der Waals surface area contributed by atoms with Gasteiger partial charge in [0, 0.05) is 24.2 Å². The number of halogens is 1. The monoisotopic (exact) mass is 272 g/mol. The molecule has 19 heavy (non-hydrogen) atoms. The Balaban J connectivity index is 2.00. The van der Waals surface area contributed by atoms with Crippen molar-refractivity contribution < 1.29 is 4.79 Å². The van der Waals surface area contributed by atoms with Gasteiger partial charge in [-0.2, -0.15) is 0 Å². The van der Waals surface area contributed by atoms with Crippen LogP contribution in [0.4, 0.5) is 0 Å². The normalized spacial score (nSPS) is 17.8. The predicted octanol–water partition coefficient (Wildman–Crippen LogP) is 3.43. The van der Waals surface area contributed by atoms with Gasteiger partial charge in [0.2, 0.25) is 0 Å². The fourth-order valence-electron chi connectivity index (χ4n) is 2.63. The Morgan fingerprint density at radius 3 is 3.05 bits per heavy atom. The third kappa shape index (κ3) is 2.26. The zero-order chi connectivity index (χ0) is 13.2. The van der Waals surface area contributed by atoms with Crippen molar-refractivity contribution in [3.63, 3.8) is 0 Å². The quantitative estimate of drug-likeness (QED) is 0.787. The number of hydrogen-bond donors (Lipinski definition) is 0. The highest BCUT2D eigenvalue weighted by Crippen LogP contribution is 2.33. The number of carbonyl (C=O) groups is 1. The first-order valence-corrected chi connectivity index (χ1v) is 6.72. The minimum absolute atomic E-state index is 0.0482. The molecule has 0 radical (unpaired) electrons. The Hall–Kier alpha value is -1.74. The number of nitrogens with zero attached hydrogens (tertiary/aromatic N) is 2. The van der Waals surface area contributed by atoms with E-state index < -0.39 is 0 Å². The molecule has 1 aliphatic carbocycles. The van der Waals surface area contributed by atoms with E-state index >= 15 is 0 Å². The van der Waals surface area contributed by atoms with Crippen LogP contribution < -0.4 is 0 Å². The van der Waals surface area contributed by atoms with Gasteiger partial charge < -0.3 is 0 Å². The molecule has 1 atom stereocenters. The lowest BCUT2D eigenvalue weighted by atomic mass is 9.82. The molecule has 0 fully saturated rings. The summed E-state index contributed by atoms with van der Waals surface area (Å²) in [7, 11) is 0. The number of carbonyl (C=O) groups excluding carboxylic acids is 1. The molecule has 1 unspecified atom stereocenters. The molecule has 0 aromatic carbocycles. The van der Waals surface area contributed by atoms with Crippen LogP contribution in [-0.2, 0) is 6.42 Å². The van der Waals surface area contributed by atoms with Gasteiger partial charge in [-0.25, -0.2) is 0 Å². The van der Waals surface area contributed by atoms with Crippen molar-refractivity contribution in [2.24, 2.45) is 0 Å². The van der Waals surface area contributed by atoms with Gasteiger partial charge in [0.05, 0.1) is 16.6 Å². The number of aromatic nitrogens is 2. The molecule has 2 heterocycles. The van der Waals surface area contributed by atoms with Gasteiger partial charge in [-0.1, -0.05) is 17.7 Å². The summed E-state index contributed by atoms with van der Waals surface area (Å²) in [6.07, 6.45) is 7.70. The van der Waals surface area contributed by atoms with Crippen LogP contribution in [0.1, 0.15) is 40.4 Å². The second-order valence-corrected chi connectivity index (χ2v) is 5.12. The molecule has 0 amide bonds. The van der Waals surface area contributed by atoms with E-state index in [2.05, 4.69) is 16.0 Å². The third-order valence-electron chi connectivity index (χ3n) is 3.55. The average Bonchev–Trinajstić information content (AvgIpc) is 2.46. The van der Waals surface area contributed by atoms with Crippen LogP contribution in [0.25, 0.3) is 0 Å². The summed E-state index contributed by atoms with van der Waals surface area (Å²) in [5.74, 6) is -0.128. The van der Waals surface area contributed by atoms with Crippen molar-refractivity contribution in [1.82, 2.24) is 9.97 Å².